The summed E-state index contributed by atoms with van der Waals surface area (Å²) in [6.45, 7) is 1.02. The molecule has 1 heterocycles. The monoisotopic (exact) mass is 433 g/mol. The summed E-state index contributed by atoms with van der Waals surface area (Å²) < 4.78 is 11.3. The minimum Gasteiger partial charge on any atom is -0.493 e. The third kappa shape index (κ3) is 3.81. The molecule has 0 spiro atoms. The Morgan fingerprint density at radius 2 is 1.61 bits per heavy atom. The topological polar surface area (TPSA) is 21.7 Å². The van der Waals surface area contributed by atoms with Crippen LogP contribution in [0.3, 0.4) is 0 Å². The molecule has 3 aromatic carbocycles. The summed E-state index contributed by atoms with van der Waals surface area (Å²) in [6, 6.07) is 22.2. The van der Waals surface area contributed by atoms with E-state index < -0.39 is 0 Å². The number of fused-ring (bicyclic) bond motifs is 2. The minimum atomic E-state index is 0.150. The molecule has 5 rings (SSSR count). The van der Waals surface area contributed by atoms with Crippen LogP contribution in [0.2, 0.25) is 5.02 Å². The Morgan fingerprint density at radius 1 is 0.839 bits per heavy atom. The third-order valence-corrected chi connectivity index (χ3v) is 7.10. The molecule has 160 valence electrons. The highest BCUT2D eigenvalue weighted by Crippen LogP contribution is 2.43. The Bertz CT molecular complexity index is 1100. The van der Waals surface area contributed by atoms with Crippen LogP contribution in [0.4, 0.5) is 0 Å². The fraction of sp³-hybridized carbons (Fsp3) is 0.333. The van der Waals surface area contributed by atoms with E-state index in [4.69, 9.17) is 21.1 Å². The van der Waals surface area contributed by atoms with Crippen LogP contribution in [0.15, 0.2) is 60.7 Å². The summed E-state index contributed by atoms with van der Waals surface area (Å²) in [5.41, 5.74) is 6.85. The summed E-state index contributed by atoms with van der Waals surface area (Å²) in [4.78, 5) is 2.69. The molecule has 0 N–H and O–H groups in total. The van der Waals surface area contributed by atoms with Gasteiger partial charge in [0.2, 0.25) is 0 Å². The van der Waals surface area contributed by atoms with Crippen molar-refractivity contribution >= 4 is 11.6 Å². The molecule has 0 saturated carbocycles. The summed E-state index contributed by atoms with van der Waals surface area (Å²) in [5.74, 6) is 1.58. The van der Waals surface area contributed by atoms with Gasteiger partial charge in [-0.15, -0.1) is 0 Å². The zero-order chi connectivity index (χ0) is 21.4. The third-order valence-electron chi connectivity index (χ3n) is 6.87. The number of hydrogen-bond acceptors (Lipinski definition) is 3. The van der Waals surface area contributed by atoms with Crippen LogP contribution in [0, 0.1) is 0 Å². The SMILES string of the molecule is COc1cc2c(cc1OC)C(c1cccc(Cl)c1)N(C1CCc3ccccc3C1)CC2. The fourth-order valence-electron chi connectivity index (χ4n) is 5.37. The zero-order valence-corrected chi connectivity index (χ0v) is 18.9. The van der Waals surface area contributed by atoms with Gasteiger partial charge in [0.15, 0.2) is 11.5 Å². The van der Waals surface area contributed by atoms with E-state index in [-0.39, 0.29) is 6.04 Å². The first-order chi connectivity index (χ1) is 15.2. The average Bonchev–Trinajstić information content (AvgIpc) is 2.82. The van der Waals surface area contributed by atoms with Crippen LogP contribution in [-0.4, -0.2) is 31.7 Å². The second-order valence-electron chi connectivity index (χ2n) is 8.52. The maximum Gasteiger partial charge on any atom is 0.161 e. The van der Waals surface area contributed by atoms with Gasteiger partial charge in [-0.25, -0.2) is 0 Å². The average molecular weight is 434 g/mol. The van der Waals surface area contributed by atoms with Crippen molar-refractivity contribution in [3.05, 3.63) is 93.5 Å². The van der Waals surface area contributed by atoms with Crippen LogP contribution in [0.1, 0.15) is 40.3 Å². The van der Waals surface area contributed by atoms with Crippen LogP contribution in [0.25, 0.3) is 0 Å². The molecule has 2 aliphatic rings. The van der Waals surface area contributed by atoms with Crippen molar-refractivity contribution in [1.82, 2.24) is 4.90 Å². The van der Waals surface area contributed by atoms with Crippen molar-refractivity contribution in [1.29, 1.82) is 0 Å². The van der Waals surface area contributed by atoms with E-state index in [1.807, 2.05) is 6.07 Å². The lowest BCUT2D eigenvalue weighted by molar-refractivity contribution is 0.132. The minimum absolute atomic E-state index is 0.150. The van der Waals surface area contributed by atoms with Gasteiger partial charge in [0, 0.05) is 17.6 Å². The summed E-state index contributed by atoms with van der Waals surface area (Å²) in [5, 5.41) is 0.777. The molecular weight excluding hydrogens is 406 g/mol. The van der Waals surface area contributed by atoms with Crippen molar-refractivity contribution in [2.45, 2.75) is 37.8 Å². The lowest BCUT2D eigenvalue weighted by Gasteiger charge is -2.44. The Hall–Kier alpha value is -2.49. The van der Waals surface area contributed by atoms with E-state index >= 15 is 0 Å². The van der Waals surface area contributed by atoms with Crippen LogP contribution >= 0.6 is 11.6 Å². The first kappa shape index (κ1) is 20.4. The maximum absolute atomic E-state index is 6.43. The number of aryl methyl sites for hydroxylation is 1. The molecule has 0 radical (unpaired) electrons. The van der Waals surface area contributed by atoms with Gasteiger partial charge in [-0.2, -0.15) is 0 Å². The molecule has 0 amide bonds. The number of hydrogen-bond donors (Lipinski definition) is 0. The molecule has 4 heteroatoms. The molecule has 1 aliphatic carbocycles. The molecule has 0 bridgehead atoms. The molecule has 3 nitrogen and oxygen atoms in total. The van der Waals surface area contributed by atoms with Gasteiger partial charge < -0.3 is 9.47 Å². The Kier molecular flexibility index (Phi) is 5.64. The lowest BCUT2D eigenvalue weighted by atomic mass is 9.82. The molecule has 0 fully saturated rings. The fourth-order valence-corrected chi connectivity index (χ4v) is 5.57. The van der Waals surface area contributed by atoms with Crippen LogP contribution in [-0.2, 0) is 19.3 Å². The quantitative estimate of drug-likeness (QED) is 0.514. The van der Waals surface area contributed by atoms with Gasteiger partial charge in [-0.1, -0.05) is 48.0 Å². The Morgan fingerprint density at radius 3 is 2.39 bits per heavy atom. The number of benzene rings is 3. The second kappa shape index (κ2) is 8.57. The first-order valence-electron chi connectivity index (χ1n) is 11.0. The smallest absolute Gasteiger partial charge is 0.161 e. The zero-order valence-electron chi connectivity index (χ0n) is 18.1. The second-order valence-corrected chi connectivity index (χ2v) is 8.95. The summed E-state index contributed by atoms with van der Waals surface area (Å²) >= 11 is 6.43. The number of ether oxygens (including phenoxy) is 2. The predicted octanol–water partition coefficient (Wildman–Crippen LogP) is 5.86. The van der Waals surface area contributed by atoms with Gasteiger partial charge in [-0.3, -0.25) is 4.90 Å². The molecule has 2 atom stereocenters. The van der Waals surface area contributed by atoms with Crippen molar-refractivity contribution in [3.8, 4) is 11.5 Å². The van der Waals surface area contributed by atoms with Crippen molar-refractivity contribution in [3.63, 3.8) is 0 Å². The molecule has 3 aromatic rings. The van der Waals surface area contributed by atoms with E-state index in [1.165, 1.54) is 34.2 Å². The molecule has 0 aromatic heterocycles. The van der Waals surface area contributed by atoms with Gasteiger partial charge in [0.25, 0.3) is 0 Å². The largest absolute Gasteiger partial charge is 0.493 e. The van der Waals surface area contributed by atoms with Gasteiger partial charge in [-0.05, 0) is 77.8 Å². The highest BCUT2D eigenvalue weighted by atomic mass is 35.5. The van der Waals surface area contributed by atoms with Crippen molar-refractivity contribution in [2.24, 2.45) is 0 Å². The Balaban J connectivity index is 1.59. The molecular formula is C27H28ClNO2. The summed E-state index contributed by atoms with van der Waals surface area (Å²) in [7, 11) is 3.41. The van der Waals surface area contributed by atoms with Gasteiger partial charge in [0.05, 0.1) is 20.3 Å². The maximum atomic E-state index is 6.43. The first-order valence-corrected chi connectivity index (χ1v) is 11.4. The van der Waals surface area contributed by atoms with Crippen LogP contribution < -0.4 is 9.47 Å². The van der Waals surface area contributed by atoms with Gasteiger partial charge in [0.1, 0.15) is 0 Å². The number of rotatable bonds is 4. The predicted molar refractivity (Wildman–Crippen MR) is 126 cm³/mol. The molecule has 2 unspecified atom stereocenters. The summed E-state index contributed by atoms with van der Waals surface area (Å²) in [6.07, 6.45) is 4.41. The lowest BCUT2D eigenvalue weighted by Crippen LogP contribution is -2.45. The molecule has 1 aliphatic heterocycles. The van der Waals surface area contributed by atoms with E-state index in [1.54, 1.807) is 14.2 Å². The van der Waals surface area contributed by atoms with Gasteiger partial charge >= 0.3 is 0 Å². The Labute approximate surface area is 189 Å². The number of methoxy groups -OCH3 is 2. The van der Waals surface area contributed by atoms with Crippen molar-refractivity contribution < 1.29 is 9.47 Å². The van der Waals surface area contributed by atoms with E-state index in [2.05, 4.69) is 59.5 Å². The number of halogens is 1. The molecule has 31 heavy (non-hydrogen) atoms. The van der Waals surface area contributed by atoms with Crippen molar-refractivity contribution in [2.75, 3.05) is 20.8 Å². The normalized spacial score (nSPS) is 20.6. The van der Waals surface area contributed by atoms with E-state index in [0.29, 0.717) is 6.04 Å². The highest BCUT2D eigenvalue weighted by Gasteiger charge is 2.36. The van der Waals surface area contributed by atoms with E-state index in [0.717, 1.165) is 42.3 Å². The molecule has 0 saturated heterocycles. The standard InChI is InChI=1S/C27H28ClNO2/c1-30-25-16-20-12-13-29(23-11-10-18-6-3-4-7-19(18)15-23)27(24(20)17-26(25)31-2)21-8-5-9-22(28)14-21/h3-9,14,16-17,23,27H,10-13,15H2,1-2H3. The highest BCUT2D eigenvalue weighted by molar-refractivity contribution is 6.30. The number of nitrogens with zero attached hydrogens (tertiary/aromatic N) is 1. The van der Waals surface area contributed by atoms with E-state index in [9.17, 15) is 0 Å². The van der Waals surface area contributed by atoms with Crippen LogP contribution in [0.5, 0.6) is 11.5 Å².